The zero-order valence-electron chi connectivity index (χ0n) is 34.7. The summed E-state index contributed by atoms with van der Waals surface area (Å²) in [5, 5.41) is 0. The van der Waals surface area contributed by atoms with E-state index in [1.54, 1.807) is 0 Å². The van der Waals surface area contributed by atoms with Crippen LogP contribution in [0.5, 0.6) is 0 Å². The zero-order chi connectivity index (χ0) is 39.2. The Kier molecular flexibility index (Phi) is 19.5. The Morgan fingerprint density at radius 3 is 1.05 bits per heavy atom. The summed E-state index contributed by atoms with van der Waals surface area (Å²) in [5.41, 5.74) is 30.5. The van der Waals surface area contributed by atoms with Crippen LogP contribution in [-0.4, -0.2) is 12.6 Å². The highest BCUT2D eigenvalue weighted by Crippen LogP contribution is 2.39. The van der Waals surface area contributed by atoms with Crippen molar-refractivity contribution in [3.05, 3.63) is 115 Å². The molecule has 0 heterocycles. The van der Waals surface area contributed by atoms with Crippen LogP contribution in [0.2, 0.25) is 0 Å². The van der Waals surface area contributed by atoms with E-state index in [1.807, 2.05) is 60.7 Å². The molecule has 4 aromatic carbocycles. The highest BCUT2D eigenvalue weighted by atomic mass is 14.7. The molecule has 4 aliphatic rings. The van der Waals surface area contributed by atoms with Gasteiger partial charge in [-0.3, -0.25) is 0 Å². The maximum Gasteiger partial charge on any atom is 0.0314 e. The molecule has 0 unspecified atom stereocenters. The largest absolute Gasteiger partial charge is 0.399 e. The summed E-state index contributed by atoms with van der Waals surface area (Å²) in [5.74, 6) is 4.56. The summed E-state index contributed by atoms with van der Waals surface area (Å²) in [6.45, 7) is 1.56. The van der Waals surface area contributed by atoms with E-state index in [-0.39, 0.29) is 0 Å². The average Bonchev–Trinajstić information content (AvgIpc) is 3.29. The van der Waals surface area contributed by atoms with Crippen LogP contribution < -0.4 is 22.9 Å². The number of nitrogen functional groups attached to an aromatic ring is 1. The van der Waals surface area contributed by atoms with Crippen molar-refractivity contribution in [1.29, 1.82) is 0 Å². The SMILES string of the molecule is NC(C1CCCCC1)C1CCCCC1.NCC(C1CCCCC1)C1CCCCC1.NCc1ccc(-c2ccccc2)cc1.Nc1ccc(-c2ccccc2)cc1. The second-order valence-electron chi connectivity index (χ2n) is 17.3. The van der Waals surface area contributed by atoms with Crippen LogP contribution in [0, 0.1) is 29.6 Å². The van der Waals surface area contributed by atoms with Crippen LogP contribution in [0.3, 0.4) is 0 Å². The summed E-state index contributed by atoms with van der Waals surface area (Å²) >= 11 is 0. The van der Waals surface area contributed by atoms with Gasteiger partial charge >= 0.3 is 0 Å². The van der Waals surface area contributed by atoms with Gasteiger partial charge in [-0.05, 0) is 102 Å². The molecule has 4 nitrogen and oxygen atoms in total. The Morgan fingerprint density at radius 2 is 0.714 bits per heavy atom. The predicted octanol–water partition coefficient (Wildman–Crippen LogP) is 12.9. The number of anilines is 1. The normalized spacial score (nSPS) is 18.5. The van der Waals surface area contributed by atoms with Gasteiger partial charge in [0.15, 0.2) is 0 Å². The minimum absolute atomic E-state index is 0.538. The van der Waals surface area contributed by atoms with Crippen LogP contribution in [0.1, 0.15) is 134 Å². The second kappa shape index (κ2) is 25.0. The van der Waals surface area contributed by atoms with Crippen LogP contribution in [0.25, 0.3) is 22.3 Å². The Balaban J connectivity index is 0.000000143. The average molecular weight is 757 g/mol. The molecule has 4 aliphatic carbocycles. The third-order valence-electron chi connectivity index (χ3n) is 13.5. The van der Waals surface area contributed by atoms with Crippen molar-refractivity contribution in [1.82, 2.24) is 0 Å². The lowest BCUT2D eigenvalue weighted by Crippen LogP contribution is -2.39. The van der Waals surface area contributed by atoms with Crippen LogP contribution in [0.15, 0.2) is 109 Å². The maximum absolute atomic E-state index is 6.42. The minimum atomic E-state index is 0.538. The molecule has 4 fully saturated rings. The molecular weight excluding hydrogens is 681 g/mol. The van der Waals surface area contributed by atoms with E-state index in [4.69, 9.17) is 22.9 Å². The standard InChI is InChI=1S/C14H27N.C13H25N.C13H13N.C12H11N/c15-11-14(12-7-3-1-4-8-12)13-9-5-2-6-10-13;14-13(11-7-3-1-4-8-11)12-9-5-2-6-10-12;14-10-11-6-8-13(9-7-11)12-4-2-1-3-5-12;13-12-8-6-11(7-9-12)10-4-2-1-3-5-10/h12-14H,1-11,15H2;11-13H,1-10,14H2;1-9H,10,14H2;1-9H,13H2. The molecule has 0 aromatic heterocycles. The Labute approximate surface area is 341 Å². The molecular formula is C52H76N4. The van der Waals surface area contributed by atoms with E-state index < -0.39 is 0 Å². The van der Waals surface area contributed by atoms with Gasteiger partial charge in [-0.1, -0.05) is 200 Å². The van der Waals surface area contributed by atoms with E-state index in [2.05, 4.69) is 48.5 Å². The fourth-order valence-corrected chi connectivity index (χ4v) is 10.1. The molecule has 56 heavy (non-hydrogen) atoms. The summed E-state index contributed by atoms with van der Waals surface area (Å²) in [7, 11) is 0. The first kappa shape index (κ1) is 43.7. The lowest BCUT2D eigenvalue weighted by molar-refractivity contribution is 0.150. The quantitative estimate of drug-likeness (QED) is 0.134. The third-order valence-corrected chi connectivity index (χ3v) is 13.5. The Hall–Kier alpha value is -3.44. The molecule has 0 aliphatic heterocycles. The molecule has 0 saturated heterocycles. The lowest BCUT2D eigenvalue weighted by atomic mass is 9.70. The number of benzene rings is 4. The van der Waals surface area contributed by atoms with E-state index in [0.29, 0.717) is 12.6 Å². The van der Waals surface area contributed by atoms with Crippen LogP contribution in [-0.2, 0) is 6.54 Å². The van der Waals surface area contributed by atoms with Gasteiger partial charge in [0.05, 0.1) is 0 Å². The molecule has 0 amide bonds. The van der Waals surface area contributed by atoms with Crippen LogP contribution >= 0.6 is 0 Å². The van der Waals surface area contributed by atoms with E-state index in [0.717, 1.165) is 41.8 Å². The van der Waals surface area contributed by atoms with Gasteiger partial charge in [-0.25, -0.2) is 0 Å². The molecule has 0 spiro atoms. The summed E-state index contributed by atoms with van der Waals surface area (Å²) in [4.78, 5) is 0. The summed E-state index contributed by atoms with van der Waals surface area (Å²) in [6, 6.07) is 37.4. The minimum Gasteiger partial charge on any atom is -0.399 e. The molecule has 4 aromatic rings. The van der Waals surface area contributed by atoms with Crippen molar-refractivity contribution >= 4 is 5.69 Å². The van der Waals surface area contributed by atoms with Crippen molar-refractivity contribution in [2.24, 2.45) is 46.8 Å². The maximum atomic E-state index is 6.42. The molecule has 304 valence electrons. The Morgan fingerprint density at radius 1 is 0.393 bits per heavy atom. The van der Waals surface area contributed by atoms with Gasteiger partial charge < -0.3 is 22.9 Å². The van der Waals surface area contributed by atoms with Crippen molar-refractivity contribution in [2.45, 2.75) is 141 Å². The van der Waals surface area contributed by atoms with E-state index >= 15 is 0 Å². The molecule has 4 saturated carbocycles. The van der Waals surface area contributed by atoms with Crippen LogP contribution in [0.4, 0.5) is 5.69 Å². The van der Waals surface area contributed by atoms with Gasteiger partial charge in [0.2, 0.25) is 0 Å². The van der Waals surface area contributed by atoms with Crippen molar-refractivity contribution in [3.8, 4) is 22.3 Å². The first-order chi connectivity index (χ1) is 27.6. The van der Waals surface area contributed by atoms with E-state index in [1.165, 1.54) is 156 Å². The predicted molar refractivity (Wildman–Crippen MR) is 243 cm³/mol. The molecule has 0 atom stereocenters. The van der Waals surface area contributed by atoms with Crippen molar-refractivity contribution < 1.29 is 0 Å². The molecule has 0 bridgehead atoms. The topological polar surface area (TPSA) is 104 Å². The van der Waals surface area contributed by atoms with E-state index in [9.17, 15) is 0 Å². The first-order valence-corrected chi connectivity index (χ1v) is 22.8. The number of nitrogens with two attached hydrogens (primary N) is 4. The van der Waals surface area contributed by atoms with Gasteiger partial charge in [-0.2, -0.15) is 0 Å². The number of rotatable bonds is 8. The van der Waals surface area contributed by atoms with Gasteiger partial charge in [0.1, 0.15) is 0 Å². The lowest BCUT2D eigenvalue weighted by Gasteiger charge is -2.37. The molecule has 8 N–H and O–H groups in total. The summed E-state index contributed by atoms with van der Waals surface area (Å²) < 4.78 is 0. The number of hydrogen-bond acceptors (Lipinski definition) is 4. The fraction of sp³-hybridized carbons (Fsp3) is 0.538. The second-order valence-corrected chi connectivity index (χ2v) is 17.3. The van der Waals surface area contributed by atoms with Gasteiger partial charge in [-0.15, -0.1) is 0 Å². The zero-order valence-corrected chi connectivity index (χ0v) is 34.7. The molecule has 0 radical (unpaired) electrons. The molecule has 4 heteroatoms. The van der Waals surface area contributed by atoms with Crippen molar-refractivity contribution in [2.75, 3.05) is 12.3 Å². The highest BCUT2D eigenvalue weighted by molar-refractivity contribution is 5.65. The number of hydrogen-bond donors (Lipinski definition) is 4. The van der Waals surface area contributed by atoms with Crippen molar-refractivity contribution in [3.63, 3.8) is 0 Å². The monoisotopic (exact) mass is 757 g/mol. The first-order valence-electron chi connectivity index (χ1n) is 22.8. The van der Waals surface area contributed by atoms with Gasteiger partial charge in [0, 0.05) is 18.3 Å². The highest BCUT2D eigenvalue weighted by Gasteiger charge is 2.30. The Bertz CT molecular complexity index is 1510. The third kappa shape index (κ3) is 14.5. The fourth-order valence-electron chi connectivity index (χ4n) is 10.1. The molecule has 8 rings (SSSR count). The summed E-state index contributed by atoms with van der Waals surface area (Å²) in [6.07, 6.45) is 29.0. The smallest absolute Gasteiger partial charge is 0.0314 e. The van der Waals surface area contributed by atoms with Gasteiger partial charge in [0.25, 0.3) is 0 Å².